The van der Waals surface area contributed by atoms with E-state index in [1.165, 1.54) is 0 Å². The second kappa shape index (κ2) is 7.32. The molecule has 0 aromatic heterocycles. The molecule has 0 aliphatic heterocycles. The molecule has 3 nitrogen and oxygen atoms in total. The lowest BCUT2D eigenvalue weighted by Gasteiger charge is -2.58. The van der Waals surface area contributed by atoms with Crippen LogP contribution in [0.2, 0.25) is 0 Å². The van der Waals surface area contributed by atoms with Gasteiger partial charge >= 0.3 is 5.97 Å². The van der Waals surface area contributed by atoms with Gasteiger partial charge in [-0.15, -0.1) is 0 Å². The van der Waals surface area contributed by atoms with Crippen LogP contribution in [0.1, 0.15) is 68.6 Å². The molecule has 5 rings (SSSR count). The van der Waals surface area contributed by atoms with E-state index in [4.69, 9.17) is 4.74 Å². The van der Waals surface area contributed by atoms with Gasteiger partial charge in [0.15, 0.2) is 5.78 Å². The summed E-state index contributed by atoms with van der Waals surface area (Å²) in [4.78, 5) is 24.7. The van der Waals surface area contributed by atoms with E-state index in [1.54, 1.807) is 18.2 Å². The number of allylic oxidation sites excluding steroid dienone is 1. The van der Waals surface area contributed by atoms with Gasteiger partial charge in [-0.1, -0.05) is 30.7 Å². The summed E-state index contributed by atoms with van der Waals surface area (Å²) in [5.74, 6) is 1.18. The number of hydrogen-bond acceptors (Lipinski definition) is 3. The van der Waals surface area contributed by atoms with Gasteiger partial charge in [0.25, 0.3) is 0 Å². The number of fused-ring (bicyclic) bond motifs is 5. The minimum absolute atomic E-state index is 0.0329. The fraction of sp³-hybridized carbons (Fsp3) is 0.615. The van der Waals surface area contributed by atoms with Gasteiger partial charge in [0, 0.05) is 17.3 Å². The molecule has 0 spiro atoms. The van der Waals surface area contributed by atoms with Crippen LogP contribution in [0.25, 0.3) is 0 Å². The average Bonchev–Trinajstić information content (AvgIpc) is 3.10. The minimum Gasteiger partial charge on any atom is -0.458 e. The van der Waals surface area contributed by atoms with Gasteiger partial charge in [-0.2, -0.15) is 0 Å². The Labute approximate surface area is 178 Å². The van der Waals surface area contributed by atoms with Crippen molar-refractivity contribution in [3.63, 3.8) is 0 Å². The molecular weight excluding hydrogens is 379 g/mol. The Bertz CT molecular complexity index is 878. The minimum atomic E-state index is -0.420. The van der Waals surface area contributed by atoms with E-state index in [1.807, 2.05) is 18.2 Å². The van der Waals surface area contributed by atoms with E-state index in [2.05, 4.69) is 6.92 Å². The number of carbonyl (C=O) groups is 2. The fourth-order valence-corrected chi connectivity index (χ4v) is 7.53. The molecule has 0 amide bonds. The maximum absolute atomic E-state index is 14.6. The predicted octanol–water partition coefficient (Wildman–Crippen LogP) is 5.69. The third kappa shape index (κ3) is 2.90. The highest BCUT2D eigenvalue weighted by molar-refractivity contribution is 5.91. The number of benzene rings is 1. The molecule has 3 unspecified atom stereocenters. The molecule has 3 saturated carbocycles. The highest BCUT2D eigenvalue weighted by Gasteiger charge is 2.61. The summed E-state index contributed by atoms with van der Waals surface area (Å²) in [6.45, 7) is 1.95. The van der Waals surface area contributed by atoms with E-state index in [0.717, 1.165) is 44.1 Å². The summed E-state index contributed by atoms with van der Waals surface area (Å²) in [6, 6.07) is 9.23. The molecule has 0 N–H and O–H groups in total. The molecule has 4 heteroatoms. The number of alkyl halides is 1. The van der Waals surface area contributed by atoms with E-state index in [0.29, 0.717) is 36.2 Å². The Kier molecular flexibility index (Phi) is 4.87. The molecule has 4 aliphatic rings. The number of ether oxygens (including phenoxy) is 1. The maximum atomic E-state index is 14.6. The first-order valence-electron chi connectivity index (χ1n) is 11.5. The smallest absolute Gasteiger partial charge is 0.338 e. The summed E-state index contributed by atoms with van der Waals surface area (Å²) in [7, 11) is 0. The van der Waals surface area contributed by atoms with Crippen molar-refractivity contribution in [2.24, 2.45) is 28.6 Å². The quantitative estimate of drug-likeness (QED) is 0.601. The molecule has 3 fully saturated rings. The SMILES string of the molecule is C[C@]12CCC3[C@@H](CCC4=CC(=O)CC[C@@]43CF)C1CCC2OC(=O)c1ccccc1. The van der Waals surface area contributed by atoms with Crippen molar-refractivity contribution in [3.8, 4) is 0 Å². The van der Waals surface area contributed by atoms with Crippen molar-refractivity contribution in [3.05, 3.63) is 47.5 Å². The van der Waals surface area contributed by atoms with Crippen molar-refractivity contribution < 1.29 is 18.7 Å². The first-order valence-corrected chi connectivity index (χ1v) is 11.5. The monoisotopic (exact) mass is 410 g/mol. The summed E-state index contributed by atoms with van der Waals surface area (Å²) in [6.07, 6.45) is 8.61. The average molecular weight is 411 g/mol. The number of ketones is 1. The van der Waals surface area contributed by atoms with Gasteiger partial charge in [0.05, 0.1) is 12.2 Å². The Morgan fingerprint density at radius 3 is 2.63 bits per heavy atom. The number of halogens is 1. The molecule has 0 radical (unpaired) electrons. The van der Waals surface area contributed by atoms with Gasteiger partial charge in [-0.25, -0.2) is 4.79 Å². The first kappa shape index (κ1) is 20.0. The molecule has 1 aromatic carbocycles. The van der Waals surface area contributed by atoms with Crippen LogP contribution in [0.5, 0.6) is 0 Å². The Morgan fingerprint density at radius 1 is 1.07 bits per heavy atom. The van der Waals surface area contributed by atoms with Crippen LogP contribution >= 0.6 is 0 Å². The van der Waals surface area contributed by atoms with Gasteiger partial charge in [-0.3, -0.25) is 9.18 Å². The Hall–Kier alpha value is -1.97. The van der Waals surface area contributed by atoms with E-state index in [-0.39, 0.29) is 29.9 Å². The molecule has 4 aliphatic carbocycles. The predicted molar refractivity (Wildman–Crippen MR) is 113 cm³/mol. The summed E-state index contributed by atoms with van der Waals surface area (Å²) in [5.41, 5.74) is 1.23. The van der Waals surface area contributed by atoms with Gasteiger partial charge in [0.1, 0.15) is 6.10 Å². The first-order chi connectivity index (χ1) is 14.5. The number of hydrogen-bond donors (Lipinski definition) is 0. The van der Waals surface area contributed by atoms with Crippen molar-refractivity contribution in [2.75, 3.05) is 6.67 Å². The normalized spacial score (nSPS) is 40.1. The largest absolute Gasteiger partial charge is 0.458 e. The van der Waals surface area contributed by atoms with Crippen LogP contribution in [0.4, 0.5) is 4.39 Å². The van der Waals surface area contributed by atoms with E-state index >= 15 is 0 Å². The van der Waals surface area contributed by atoms with Gasteiger partial charge in [0.2, 0.25) is 0 Å². The molecule has 0 saturated heterocycles. The van der Waals surface area contributed by atoms with Crippen molar-refractivity contribution in [1.29, 1.82) is 0 Å². The fourth-order valence-electron chi connectivity index (χ4n) is 7.53. The highest BCUT2D eigenvalue weighted by Crippen LogP contribution is 2.65. The van der Waals surface area contributed by atoms with Gasteiger partial charge < -0.3 is 4.74 Å². The maximum Gasteiger partial charge on any atom is 0.338 e. The zero-order valence-corrected chi connectivity index (χ0v) is 17.7. The van der Waals surface area contributed by atoms with Crippen molar-refractivity contribution >= 4 is 11.8 Å². The summed E-state index contributed by atoms with van der Waals surface area (Å²) < 4.78 is 20.6. The zero-order chi connectivity index (χ0) is 20.9. The number of rotatable bonds is 3. The molecule has 0 heterocycles. The number of esters is 1. The van der Waals surface area contributed by atoms with Gasteiger partial charge in [-0.05, 0) is 80.9 Å². The summed E-state index contributed by atoms with van der Waals surface area (Å²) >= 11 is 0. The topological polar surface area (TPSA) is 43.4 Å². The number of carbonyl (C=O) groups excluding carboxylic acids is 2. The van der Waals surface area contributed by atoms with Crippen LogP contribution in [0.3, 0.4) is 0 Å². The van der Waals surface area contributed by atoms with Crippen LogP contribution in [0, 0.1) is 28.6 Å². The lowest BCUT2D eigenvalue weighted by Crippen LogP contribution is -2.53. The van der Waals surface area contributed by atoms with Crippen LogP contribution in [0.15, 0.2) is 42.0 Å². The lowest BCUT2D eigenvalue weighted by molar-refractivity contribution is -0.119. The Morgan fingerprint density at radius 2 is 1.87 bits per heavy atom. The molecular formula is C26H31FO3. The third-order valence-electron chi connectivity index (χ3n) is 9.10. The van der Waals surface area contributed by atoms with E-state index < -0.39 is 5.41 Å². The Balaban J connectivity index is 1.38. The molecule has 30 heavy (non-hydrogen) atoms. The van der Waals surface area contributed by atoms with Crippen molar-refractivity contribution in [2.45, 2.75) is 64.4 Å². The zero-order valence-electron chi connectivity index (χ0n) is 17.7. The molecule has 160 valence electrons. The van der Waals surface area contributed by atoms with Crippen LogP contribution in [-0.4, -0.2) is 24.5 Å². The molecule has 6 atom stereocenters. The highest BCUT2D eigenvalue weighted by atomic mass is 19.1. The molecule has 0 bridgehead atoms. The van der Waals surface area contributed by atoms with Crippen molar-refractivity contribution in [1.82, 2.24) is 0 Å². The summed E-state index contributed by atoms with van der Waals surface area (Å²) in [5, 5.41) is 0. The van der Waals surface area contributed by atoms with Crippen LogP contribution < -0.4 is 0 Å². The standard InChI is InChI=1S/C26H31FO3/c1-25-13-12-22-20(8-7-18-15-19(28)11-14-26(18,22)16-27)21(25)9-10-23(25)30-24(29)17-5-3-2-4-6-17/h2-6,15,20-23H,7-14,16H2,1H3/t20-,21?,22?,23?,25-,26+/m0/s1. The molecule has 1 aromatic rings. The lowest BCUT2D eigenvalue weighted by atomic mass is 9.47. The van der Waals surface area contributed by atoms with E-state index in [9.17, 15) is 14.0 Å². The third-order valence-corrected chi connectivity index (χ3v) is 9.10. The second-order valence-electron chi connectivity index (χ2n) is 10.2. The second-order valence-corrected chi connectivity index (χ2v) is 10.2. The van der Waals surface area contributed by atoms with Crippen LogP contribution in [-0.2, 0) is 9.53 Å².